The number of carboxylic acid groups (broad SMARTS) is 1. The maximum Gasteiger partial charge on any atom is 0.316 e. The van der Waals surface area contributed by atoms with E-state index in [1.807, 2.05) is 0 Å². The van der Waals surface area contributed by atoms with Crippen molar-refractivity contribution in [1.82, 2.24) is 0 Å². The summed E-state index contributed by atoms with van der Waals surface area (Å²) in [5.41, 5.74) is 0. The van der Waals surface area contributed by atoms with Crippen LogP contribution in [0.1, 0.15) is 110 Å². The number of hydrogen-bond acceptors (Lipinski definition) is 2. The van der Waals surface area contributed by atoms with Crippen molar-refractivity contribution < 1.29 is 29.1 Å². The second-order valence-corrected chi connectivity index (χ2v) is 7.63. The summed E-state index contributed by atoms with van der Waals surface area (Å²) < 4.78 is 8.88. The molecule has 4 N–H and O–H groups in total. The first-order chi connectivity index (χ1) is 11.8. The summed E-state index contributed by atoms with van der Waals surface area (Å²) >= 11 is 0. The standard InChI is InChI=1S/C18H36O2.Ca.Mg.H3O4P.4H/c1-2-3-4-5-6-7-8-9-10-11-12-13-14-15-16-17-18(19)20;;;1-5(2,3)4;;;;/h2-17H2,1H3,(H,19,20);;;(H3,1,2,3,4);;;;. The minimum Gasteiger partial charge on any atom is 0.316 e. The van der Waals surface area contributed by atoms with Crippen LogP contribution < -0.4 is 0 Å². The third-order valence-electron chi connectivity index (χ3n) is 3.99. The summed E-state index contributed by atoms with van der Waals surface area (Å²) in [5.74, 6) is -0.653. The first-order valence-corrected chi connectivity index (χ1v) is 11.3. The zero-order chi connectivity index (χ0) is 19.4. The van der Waals surface area contributed by atoms with E-state index in [0.29, 0.717) is 6.42 Å². The number of carboxylic acids is 1. The molecule has 0 radical (unpaired) electrons. The zero-order valence-electron chi connectivity index (χ0n) is 15.9. The summed E-state index contributed by atoms with van der Waals surface area (Å²) in [6.45, 7) is 2.27. The molecule has 0 aromatic heterocycles. The Morgan fingerprint density at radius 3 is 1.11 bits per heavy atom. The van der Waals surface area contributed by atoms with Gasteiger partial charge in [-0.1, -0.05) is 96.8 Å². The Bertz CT molecular complexity index is 334. The molecule has 0 aliphatic carbocycles. The topological polar surface area (TPSA) is 115 Å². The monoisotopic (exact) mass is 450 g/mol. The second kappa shape index (κ2) is 27.6. The third-order valence-corrected chi connectivity index (χ3v) is 3.99. The molecule has 0 bridgehead atoms. The zero-order valence-corrected chi connectivity index (χ0v) is 16.8. The predicted octanol–water partition coefficient (Wildman–Crippen LogP) is 3.57. The van der Waals surface area contributed by atoms with E-state index in [4.69, 9.17) is 24.4 Å². The molecule has 0 saturated carbocycles. The first kappa shape index (κ1) is 36.0. The van der Waals surface area contributed by atoms with Crippen molar-refractivity contribution >= 4 is 74.6 Å². The van der Waals surface area contributed by atoms with Crippen molar-refractivity contribution in [2.24, 2.45) is 0 Å². The molecule has 27 heavy (non-hydrogen) atoms. The molecule has 160 valence electrons. The molecular formula is C18H43CaMgO6P. The van der Waals surface area contributed by atoms with Crippen LogP contribution in [0.2, 0.25) is 0 Å². The quantitative estimate of drug-likeness (QED) is 0.162. The molecule has 0 spiro atoms. The van der Waals surface area contributed by atoms with Gasteiger partial charge in [-0.25, -0.2) is 4.57 Å². The number of carbonyl (C=O) groups is 1. The molecule has 0 saturated heterocycles. The molecule has 6 nitrogen and oxygen atoms in total. The van der Waals surface area contributed by atoms with Crippen LogP contribution in [0.5, 0.6) is 0 Å². The average Bonchev–Trinajstić information content (AvgIpc) is 2.49. The molecule has 0 aromatic rings. The van der Waals surface area contributed by atoms with Crippen molar-refractivity contribution in [1.29, 1.82) is 0 Å². The van der Waals surface area contributed by atoms with E-state index >= 15 is 0 Å². The van der Waals surface area contributed by atoms with E-state index < -0.39 is 13.8 Å². The van der Waals surface area contributed by atoms with E-state index in [0.717, 1.165) is 12.8 Å². The second-order valence-electron chi connectivity index (χ2n) is 6.61. The van der Waals surface area contributed by atoms with Gasteiger partial charge in [0.1, 0.15) is 0 Å². The maximum absolute atomic E-state index is 10.3. The van der Waals surface area contributed by atoms with Crippen LogP contribution in [0.4, 0.5) is 0 Å². The van der Waals surface area contributed by atoms with Crippen molar-refractivity contribution in [3.63, 3.8) is 0 Å². The molecule has 0 aromatic carbocycles. The summed E-state index contributed by atoms with van der Waals surface area (Å²) in [6.07, 6.45) is 20.2. The fraction of sp³-hybridized carbons (Fsp3) is 0.944. The maximum atomic E-state index is 10.3. The van der Waals surface area contributed by atoms with Gasteiger partial charge in [0.25, 0.3) is 0 Å². The van der Waals surface area contributed by atoms with Crippen LogP contribution in [0, 0.1) is 0 Å². The summed E-state index contributed by atoms with van der Waals surface area (Å²) in [6, 6.07) is 0. The Morgan fingerprint density at radius 2 is 0.889 bits per heavy atom. The summed E-state index contributed by atoms with van der Waals surface area (Å²) in [7, 11) is -4.64. The molecule has 0 amide bonds. The number of rotatable bonds is 16. The Balaban J connectivity index is -0.000000333. The first-order valence-electron chi connectivity index (χ1n) is 9.77. The van der Waals surface area contributed by atoms with Gasteiger partial charge in [-0.3, -0.25) is 4.79 Å². The van der Waals surface area contributed by atoms with Gasteiger partial charge in [-0.15, -0.1) is 0 Å². The van der Waals surface area contributed by atoms with Gasteiger partial charge >= 0.3 is 74.6 Å². The SMILES string of the molecule is CCCCCCCCCCCCCCCCCC(=O)O.O=P(O)(O)O.[CaH2].[MgH2]. The van der Waals surface area contributed by atoms with Crippen LogP contribution in [-0.2, 0) is 9.36 Å². The van der Waals surface area contributed by atoms with Gasteiger partial charge in [0.05, 0.1) is 0 Å². The van der Waals surface area contributed by atoms with E-state index in [2.05, 4.69) is 6.92 Å². The molecule has 0 aliphatic heterocycles. The molecule has 0 fully saturated rings. The molecule has 0 atom stereocenters. The van der Waals surface area contributed by atoms with Crippen LogP contribution in [0.15, 0.2) is 0 Å². The molecule has 0 unspecified atom stereocenters. The van der Waals surface area contributed by atoms with Gasteiger partial charge in [0.15, 0.2) is 0 Å². The normalized spacial score (nSPS) is 10.2. The Hall–Kier alpha value is 1.61. The van der Waals surface area contributed by atoms with E-state index in [9.17, 15) is 4.79 Å². The summed E-state index contributed by atoms with van der Waals surface area (Å²) in [5, 5.41) is 8.52. The fourth-order valence-corrected chi connectivity index (χ4v) is 2.65. The third kappa shape index (κ3) is 52.3. The van der Waals surface area contributed by atoms with Crippen molar-refractivity contribution in [3.8, 4) is 0 Å². The van der Waals surface area contributed by atoms with Gasteiger partial charge < -0.3 is 19.8 Å². The smallest absolute Gasteiger partial charge is 0.316 e. The van der Waals surface area contributed by atoms with Gasteiger partial charge in [-0.05, 0) is 6.42 Å². The molecule has 9 heteroatoms. The minimum absolute atomic E-state index is 0. The van der Waals surface area contributed by atoms with Gasteiger partial charge in [0.2, 0.25) is 0 Å². The number of phosphoric acid groups is 1. The number of hydrogen-bond donors (Lipinski definition) is 4. The van der Waals surface area contributed by atoms with Crippen molar-refractivity contribution in [2.75, 3.05) is 0 Å². The molecular weight excluding hydrogens is 408 g/mol. The van der Waals surface area contributed by atoms with Crippen molar-refractivity contribution in [2.45, 2.75) is 110 Å². The van der Waals surface area contributed by atoms with Gasteiger partial charge in [-0.2, -0.15) is 0 Å². The molecule has 0 heterocycles. The predicted molar refractivity (Wildman–Crippen MR) is 119 cm³/mol. The van der Waals surface area contributed by atoms with Gasteiger partial charge in [0, 0.05) is 6.42 Å². The number of aliphatic carboxylic acids is 1. The Morgan fingerprint density at radius 1 is 0.667 bits per heavy atom. The molecule has 0 aliphatic rings. The summed E-state index contributed by atoms with van der Waals surface area (Å²) in [4.78, 5) is 31.9. The van der Waals surface area contributed by atoms with Crippen molar-refractivity contribution in [3.05, 3.63) is 0 Å². The van der Waals surface area contributed by atoms with E-state index in [1.165, 1.54) is 83.5 Å². The van der Waals surface area contributed by atoms with Crippen LogP contribution >= 0.6 is 7.82 Å². The Kier molecular flexibility index (Phi) is 36.8. The van der Waals surface area contributed by atoms with Crippen LogP contribution in [-0.4, -0.2) is 86.5 Å². The largest absolute Gasteiger partial charge is 0.316 e. The van der Waals surface area contributed by atoms with Crippen LogP contribution in [0.25, 0.3) is 0 Å². The number of unbranched alkanes of at least 4 members (excludes halogenated alkanes) is 14. The van der Waals surface area contributed by atoms with E-state index in [1.54, 1.807) is 0 Å². The fourth-order valence-electron chi connectivity index (χ4n) is 2.65. The van der Waals surface area contributed by atoms with Crippen LogP contribution in [0.3, 0.4) is 0 Å². The van der Waals surface area contributed by atoms with E-state index in [-0.39, 0.29) is 60.8 Å². The molecule has 0 rings (SSSR count). The minimum atomic E-state index is -4.64. The average molecular weight is 451 g/mol. The Labute approximate surface area is 211 Å².